The van der Waals surface area contributed by atoms with Crippen molar-refractivity contribution in [3.8, 4) is 0 Å². The number of rotatable bonds is 8. The maximum Gasteiger partial charge on any atom is 0.0511 e. The van der Waals surface area contributed by atoms with Crippen LogP contribution in [0.25, 0.3) is 0 Å². The number of unbranched alkanes of at least 4 members (excludes halogenated alkanes) is 2. The van der Waals surface area contributed by atoms with Gasteiger partial charge in [-0.3, -0.25) is 0 Å². The fourth-order valence-corrected chi connectivity index (χ4v) is 3.55. The average molecular weight is 227 g/mol. The molecular formula is C14H29NO. The normalized spacial score (nSPS) is 35.1. The van der Waals surface area contributed by atoms with Crippen molar-refractivity contribution in [2.45, 2.75) is 52.0 Å². The highest BCUT2D eigenvalue weighted by Crippen LogP contribution is 2.55. The van der Waals surface area contributed by atoms with Crippen molar-refractivity contribution in [2.75, 3.05) is 20.8 Å². The summed E-state index contributed by atoms with van der Waals surface area (Å²) < 4.78 is 5.33. The molecule has 0 spiro atoms. The molecule has 1 aliphatic carbocycles. The molecular weight excluding hydrogens is 198 g/mol. The largest absolute Gasteiger partial charge is 0.384 e. The molecule has 0 radical (unpaired) electrons. The topological polar surface area (TPSA) is 21.3 Å². The second kappa shape index (κ2) is 6.02. The molecule has 4 atom stereocenters. The molecule has 0 amide bonds. The number of ether oxygens (including phenoxy) is 1. The van der Waals surface area contributed by atoms with Crippen molar-refractivity contribution in [1.82, 2.24) is 5.32 Å². The number of nitrogens with one attached hydrogen (secondary N) is 1. The Labute approximate surface area is 101 Å². The van der Waals surface area contributed by atoms with Gasteiger partial charge in [-0.25, -0.2) is 0 Å². The third-order valence-corrected chi connectivity index (χ3v) is 4.70. The highest BCUT2D eigenvalue weighted by molar-refractivity contribution is 5.17. The summed E-state index contributed by atoms with van der Waals surface area (Å²) in [5.74, 6) is 2.23. The number of hydrogen-bond acceptors (Lipinski definition) is 2. The van der Waals surface area contributed by atoms with Gasteiger partial charge in [-0.15, -0.1) is 0 Å². The van der Waals surface area contributed by atoms with Crippen LogP contribution in [0.4, 0.5) is 0 Å². The van der Waals surface area contributed by atoms with Gasteiger partial charge in [0.2, 0.25) is 0 Å². The van der Waals surface area contributed by atoms with E-state index in [1.807, 2.05) is 7.11 Å². The van der Waals surface area contributed by atoms with E-state index < -0.39 is 0 Å². The molecule has 2 nitrogen and oxygen atoms in total. The lowest BCUT2D eigenvalue weighted by molar-refractivity contribution is 0.165. The van der Waals surface area contributed by atoms with Crippen LogP contribution in [-0.2, 0) is 4.74 Å². The first-order valence-electron chi connectivity index (χ1n) is 6.82. The Hall–Kier alpha value is -0.0800. The Morgan fingerprint density at radius 2 is 2.06 bits per heavy atom. The molecule has 0 aromatic rings. The maximum atomic E-state index is 5.33. The molecule has 0 heterocycles. The quantitative estimate of drug-likeness (QED) is 0.643. The summed E-state index contributed by atoms with van der Waals surface area (Å²) in [7, 11) is 3.93. The maximum absolute atomic E-state index is 5.33. The summed E-state index contributed by atoms with van der Waals surface area (Å²) in [6.07, 6.45) is 5.40. The second-order valence-electron chi connectivity index (χ2n) is 5.43. The predicted molar refractivity (Wildman–Crippen MR) is 69.6 cm³/mol. The summed E-state index contributed by atoms with van der Waals surface area (Å²) in [6.45, 7) is 7.93. The van der Waals surface area contributed by atoms with E-state index in [4.69, 9.17) is 4.74 Å². The Bertz CT molecular complexity index is 207. The van der Waals surface area contributed by atoms with E-state index in [0.717, 1.165) is 18.4 Å². The van der Waals surface area contributed by atoms with E-state index in [0.29, 0.717) is 11.5 Å². The van der Waals surface area contributed by atoms with Crippen molar-refractivity contribution < 1.29 is 4.74 Å². The van der Waals surface area contributed by atoms with Crippen LogP contribution in [0.1, 0.15) is 46.5 Å². The molecule has 0 aromatic heterocycles. The SMILES string of the molecule is CCCCCC(C)C1(NC)C(C)C1COC. The molecule has 1 fully saturated rings. The third-order valence-electron chi connectivity index (χ3n) is 4.70. The first-order chi connectivity index (χ1) is 7.65. The van der Waals surface area contributed by atoms with Gasteiger partial charge in [0.1, 0.15) is 0 Å². The molecule has 1 aliphatic rings. The third kappa shape index (κ3) is 2.43. The van der Waals surface area contributed by atoms with Gasteiger partial charge < -0.3 is 10.1 Å². The van der Waals surface area contributed by atoms with Gasteiger partial charge in [-0.05, 0) is 25.3 Å². The number of methoxy groups -OCH3 is 1. The van der Waals surface area contributed by atoms with Crippen molar-refractivity contribution in [2.24, 2.45) is 17.8 Å². The van der Waals surface area contributed by atoms with Crippen LogP contribution in [0.3, 0.4) is 0 Å². The van der Waals surface area contributed by atoms with Crippen LogP contribution in [0, 0.1) is 17.8 Å². The molecule has 0 saturated heterocycles. The molecule has 0 aliphatic heterocycles. The number of hydrogen-bond donors (Lipinski definition) is 1. The summed E-state index contributed by atoms with van der Waals surface area (Å²) in [5, 5.41) is 3.58. The van der Waals surface area contributed by atoms with Crippen molar-refractivity contribution >= 4 is 0 Å². The monoisotopic (exact) mass is 227 g/mol. The second-order valence-corrected chi connectivity index (χ2v) is 5.43. The van der Waals surface area contributed by atoms with Gasteiger partial charge in [-0.1, -0.05) is 40.0 Å². The molecule has 4 unspecified atom stereocenters. The minimum absolute atomic E-state index is 0.351. The van der Waals surface area contributed by atoms with E-state index in [9.17, 15) is 0 Å². The van der Waals surface area contributed by atoms with E-state index in [-0.39, 0.29) is 0 Å². The summed E-state index contributed by atoms with van der Waals surface area (Å²) in [6, 6.07) is 0. The fraction of sp³-hybridized carbons (Fsp3) is 1.00. The van der Waals surface area contributed by atoms with Gasteiger partial charge in [0.05, 0.1) is 6.61 Å². The Morgan fingerprint density at radius 1 is 1.38 bits per heavy atom. The van der Waals surface area contributed by atoms with Gasteiger partial charge in [-0.2, -0.15) is 0 Å². The zero-order valence-electron chi connectivity index (χ0n) is 11.7. The lowest BCUT2D eigenvalue weighted by atomic mass is 9.90. The van der Waals surface area contributed by atoms with Crippen LogP contribution in [0.2, 0.25) is 0 Å². The highest BCUT2D eigenvalue weighted by Gasteiger charge is 2.63. The molecule has 1 saturated carbocycles. The van der Waals surface area contributed by atoms with Crippen LogP contribution in [-0.4, -0.2) is 26.3 Å². The highest BCUT2D eigenvalue weighted by atomic mass is 16.5. The molecule has 2 heteroatoms. The average Bonchev–Trinajstić information content (AvgIpc) is 2.85. The minimum atomic E-state index is 0.351. The van der Waals surface area contributed by atoms with Crippen LogP contribution in [0.15, 0.2) is 0 Å². The first kappa shape index (κ1) is 14.0. The van der Waals surface area contributed by atoms with Gasteiger partial charge in [0.25, 0.3) is 0 Å². The Kier molecular flexibility index (Phi) is 5.26. The van der Waals surface area contributed by atoms with E-state index in [1.165, 1.54) is 25.7 Å². The van der Waals surface area contributed by atoms with Crippen molar-refractivity contribution in [1.29, 1.82) is 0 Å². The molecule has 16 heavy (non-hydrogen) atoms. The standard InChI is InChI=1S/C14H29NO/c1-6-7-8-9-11(2)14(15-4)12(3)13(14)10-16-5/h11-13,15H,6-10H2,1-5H3. The molecule has 1 N–H and O–H groups in total. The van der Waals surface area contributed by atoms with Gasteiger partial charge in [0.15, 0.2) is 0 Å². The van der Waals surface area contributed by atoms with E-state index in [2.05, 4.69) is 33.1 Å². The molecule has 0 aromatic carbocycles. The minimum Gasteiger partial charge on any atom is -0.384 e. The molecule has 0 bridgehead atoms. The Morgan fingerprint density at radius 3 is 2.56 bits per heavy atom. The van der Waals surface area contributed by atoms with E-state index in [1.54, 1.807) is 0 Å². The lowest BCUT2D eigenvalue weighted by Gasteiger charge is -2.25. The Balaban J connectivity index is 2.47. The van der Waals surface area contributed by atoms with E-state index >= 15 is 0 Å². The first-order valence-corrected chi connectivity index (χ1v) is 6.82. The zero-order chi connectivity index (χ0) is 12.2. The summed E-state index contributed by atoms with van der Waals surface area (Å²) in [5.41, 5.74) is 0.351. The summed E-state index contributed by atoms with van der Waals surface area (Å²) in [4.78, 5) is 0. The van der Waals surface area contributed by atoms with Gasteiger partial charge >= 0.3 is 0 Å². The summed E-state index contributed by atoms with van der Waals surface area (Å²) >= 11 is 0. The van der Waals surface area contributed by atoms with Gasteiger partial charge in [0, 0.05) is 18.6 Å². The van der Waals surface area contributed by atoms with Crippen molar-refractivity contribution in [3.63, 3.8) is 0 Å². The van der Waals surface area contributed by atoms with Crippen LogP contribution >= 0.6 is 0 Å². The van der Waals surface area contributed by atoms with Crippen molar-refractivity contribution in [3.05, 3.63) is 0 Å². The smallest absolute Gasteiger partial charge is 0.0511 e. The predicted octanol–water partition coefficient (Wildman–Crippen LogP) is 3.07. The molecule has 96 valence electrons. The lowest BCUT2D eigenvalue weighted by Crippen LogP contribution is -2.39. The zero-order valence-corrected chi connectivity index (χ0v) is 11.7. The fourth-order valence-electron chi connectivity index (χ4n) is 3.55. The van der Waals surface area contributed by atoms with Crippen LogP contribution < -0.4 is 5.32 Å². The van der Waals surface area contributed by atoms with Crippen LogP contribution in [0.5, 0.6) is 0 Å². The molecule has 1 rings (SSSR count).